The van der Waals surface area contributed by atoms with Crippen molar-refractivity contribution in [2.75, 3.05) is 13.1 Å². The molecule has 0 aromatic heterocycles. The fraction of sp³-hybridized carbons (Fsp3) is 0.417. The molecule has 0 radical (unpaired) electrons. The van der Waals surface area contributed by atoms with Gasteiger partial charge < -0.3 is 5.11 Å². The Hall–Kier alpha value is -1.11. The van der Waals surface area contributed by atoms with Crippen molar-refractivity contribution < 1.29 is 18.3 Å². The smallest absolute Gasteiger partial charge is 0.307 e. The van der Waals surface area contributed by atoms with Crippen LogP contribution in [0.5, 0.6) is 0 Å². The Labute approximate surface area is 117 Å². The van der Waals surface area contributed by atoms with Crippen LogP contribution in [0.2, 0.25) is 5.02 Å². The highest BCUT2D eigenvalue weighted by atomic mass is 35.5. The average Bonchev–Trinajstić information content (AvgIpc) is 2.35. The summed E-state index contributed by atoms with van der Waals surface area (Å²) in [5.41, 5.74) is 0. The van der Waals surface area contributed by atoms with Crippen LogP contribution in [-0.2, 0) is 14.8 Å². The number of carboxylic acids is 1. The molecule has 1 aromatic rings. The second kappa shape index (κ2) is 6.36. The molecule has 1 unspecified atom stereocenters. The predicted molar refractivity (Wildman–Crippen MR) is 72.7 cm³/mol. The first-order valence-electron chi connectivity index (χ1n) is 5.78. The van der Waals surface area contributed by atoms with Gasteiger partial charge in [0, 0.05) is 13.1 Å². The number of hydrogen-bond acceptors (Lipinski definition) is 3. The molecule has 0 aliphatic heterocycles. The molecule has 5 nitrogen and oxygen atoms in total. The van der Waals surface area contributed by atoms with Gasteiger partial charge in [-0.15, -0.1) is 0 Å². The summed E-state index contributed by atoms with van der Waals surface area (Å²) in [6, 6.07) is 6.11. The lowest BCUT2D eigenvalue weighted by Crippen LogP contribution is -2.36. The molecule has 1 aromatic carbocycles. The number of rotatable bonds is 6. The number of aliphatic carboxylic acids is 1. The highest BCUT2D eigenvalue weighted by Gasteiger charge is 2.28. The molecular formula is C12H16ClNO4S. The van der Waals surface area contributed by atoms with Gasteiger partial charge in [-0.25, -0.2) is 8.42 Å². The monoisotopic (exact) mass is 305 g/mol. The van der Waals surface area contributed by atoms with E-state index in [1.165, 1.54) is 19.1 Å². The van der Waals surface area contributed by atoms with Crippen molar-refractivity contribution in [3.63, 3.8) is 0 Å². The van der Waals surface area contributed by atoms with E-state index in [0.717, 1.165) is 4.31 Å². The van der Waals surface area contributed by atoms with Crippen LogP contribution >= 0.6 is 11.6 Å². The zero-order chi connectivity index (χ0) is 14.6. The summed E-state index contributed by atoms with van der Waals surface area (Å²) < 4.78 is 25.9. The van der Waals surface area contributed by atoms with Crippen LogP contribution in [0.1, 0.15) is 13.8 Å². The molecule has 0 aliphatic carbocycles. The fourth-order valence-corrected chi connectivity index (χ4v) is 3.60. The lowest BCUT2D eigenvalue weighted by atomic mass is 10.2. The Morgan fingerprint density at radius 3 is 2.47 bits per heavy atom. The summed E-state index contributed by atoms with van der Waals surface area (Å²) in [4.78, 5) is 10.8. The standard InChI is InChI=1S/C12H16ClNO4S/c1-3-14(8-9(2)12(15)16)19(17,18)11-7-5-4-6-10(11)13/h4-7,9H,3,8H2,1-2H3,(H,15,16). The molecule has 0 fully saturated rings. The molecule has 1 rings (SSSR count). The first-order chi connectivity index (χ1) is 8.80. The highest BCUT2D eigenvalue weighted by Crippen LogP contribution is 2.24. The lowest BCUT2D eigenvalue weighted by Gasteiger charge is -2.22. The maximum absolute atomic E-state index is 12.4. The number of benzene rings is 1. The van der Waals surface area contributed by atoms with E-state index in [1.807, 2.05) is 0 Å². The van der Waals surface area contributed by atoms with Gasteiger partial charge >= 0.3 is 5.97 Å². The molecule has 0 heterocycles. The largest absolute Gasteiger partial charge is 0.481 e. The second-order valence-electron chi connectivity index (χ2n) is 4.13. The van der Waals surface area contributed by atoms with E-state index < -0.39 is 21.9 Å². The number of nitrogens with zero attached hydrogens (tertiary/aromatic N) is 1. The number of hydrogen-bond donors (Lipinski definition) is 1. The van der Waals surface area contributed by atoms with Gasteiger partial charge in [-0.2, -0.15) is 4.31 Å². The van der Waals surface area contributed by atoms with Crippen molar-refractivity contribution in [1.82, 2.24) is 4.31 Å². The third-order valence-corrected chi connectivity index (χ3v) is 5.15. The quantitative estimate of drug-likeness (QED) is 0.873. The molecule has 1 atom stereocenters. The van der Waals surface area contributed by atoms with Crippen molar-refractivity contribution in [1.29, 1.82) is 0 Å². The summed E-state index contributed by atoms with van der Waals surface area (Å²) in [7, 11) is -3.77. The molecule has 7 heteroatoms. The van der Waals surface area contributed by atoms with Gasteiger partial charge in [0.25, 0.3) is 0 Å². The molecule has 0 aliphatic rings. The minimum Gasteiger partial charge on any atom is -0.481 e. The summed E-state index contributed by atoms with van der Waals surface area (Å²) in [6.45, 7) is 3.22. The number of carboxylic acid groups (broad SMARTS) is 1. The normalized spacial score (nSPS) is 13.5. The van der Waals surface area contributed by atoms with Crippen LogP contribution < -0.4 is 0 Å². The summed E-state index contributed by atoms with van der Waals surface area (Å²) in [6.07, 6.45) is 0. The van der Waals surface area contributed by atoms with Crippen LogP contribution in [0.15, 0.2) is 29.2 Å². The Balaban J connectivity index is 3.10. The predicted octanol–water partition coefficient (Wildman–Crippen LogP) is 2.07. The maximum Gasteiger partial charge on any atom is 0.307 e. The molecule has 19 heavy (non-hydrogen) atoms. The topological polar surface area (TPSA) is 74.7 Å². The number of halogens is 1. The van der Waals surface area contributed by atoms with Gasteiger partial charge in [0.1, 0.15) is 4.90 Å². The SMILES string of the molecule is CCN(CC(C)C(=O)O)S(=O)(=O)c1ccccc1Cl. The molecule has 0 bridgehead atoms. The minimum absolute atomic E-state index is 0.00361. The zero-order valence-corrected chi connectivity index (χ0v) is 12.3. The van der Waals surface area contributed by atoms with E-state index in [9.17, 15) is 13.2 Å². The van der Waals surface area contributed by atoms with Gasteiger partial charge in [-0.3, -0.25) is 4.79 Å². The van der Waals surface area contributed by atoms with Crippen molar-refractivity contribution in [2.24, 2.45) is 5.92 Å². The third kappa shape index (κ3) is 3.68. The van der Waals surface area contributed by atoms with Gasteiger partial charge in [0.15, 0.2) is 0 Å². The minimum atomic E-state index is -3.77. The van der Waals surface area contributed by atoms with E-state index in [2.05, 4.69) is 0 Å². The average molecular weight is 306 g/mol. The van der Waals surface area contributed by atoms with Crippen molar-refractivity contribution >= 4 is 27.6 Å². The van der Waals surface area contributed by atoms with E-state index in [1.54, 1.807) is 19.1 Å². The van der Waals surface area contributed by atoms with Gasteiger partial charge in [0.05, 0.1) is 10.9 Å². The van der Waals surface area contributed by atoms with E-state index in [4.69, 9.17) is 16.7 Å². The van der Waals surface area contributed by atoms with Gasteiger partial charge in [-0.05, 0) is 12.1 Å². The van der Waals surface area contributed by atoms with Crippen molar-refractivity contribution in [3.8, 4) is 0 Å². The molecule has 0 amide bonds. The van der Waals surface area contributed by atoms with Gasteiger partial charge in [0.2, 0.25) is 10.0 Å². The van der Waals surface area contributed by atoms with E-state index in [0.29, 0.717) is 0 Å². The first-order valence-corrected chi connectivity index (χ1v) is 7.60. The third-order valence-electron chi connectivity index (χ3n) is 2.71. The van der Waals surface area contributed by atoms with Crippen LogP contribution in [0, 0.1) is 5.92 Å². The van der Waals surface area contributed by atoms with Crippen LogP contribution in [-0.4, -0.2) is 36.9 Å². The first kappa shape index (κ1) is 15.9. The zero-order valence-electron chi connectivity index (χ0n) is 10.7. The Morgan fingerprint density at radius 2 is 2.00 bits per heavy atom. The fourth-order valence-electron chi connectivity index (χ4n) is 1.57. The summed E-state index contributed by atoms with van der Waals surface area (Å²) in [5, 5.41) is 9.00. The molecule has 106 valence electrons. The molecular weight excluding hydrogens is 290 g/mol. The van der Waals surface area contributed by atoms with Crippen LogP contribution in [0.4, 0.5) is 0 Å². The van der Waals surface area contributed by atoms with Crippen LogP contribution in [0.25, 0.3) is 0 Å². The Bertz CT molecular complexity index is 559. The summed E-state index contributed by atoms with van der Waals surface area (Å²) >= 11 is 5.89. The highest BCUT2D eigenvalue weighted by molar-refractivity contribution is 7.89. The second-order valence-corrected chi connectivity index (χ2v) is 6.44. The molecule has 0 saturated carbocycles. The maximum atomic E-state index is 12.4. The number of carbonyl (C=O) groups is 1. The number of sulfonamides is 1. The lowest BCUT2D eigenvalue weighted by molar-refractivity contribution is -0.141. The van der Waals surface area contributed by atoms with Crippen molar-refractivity contribution in [3.05, 3.63) is 29.3 Å². The molecule has 0 spiro atoms. The van der Waals surface area contributed by atoms with E-state index >= 15 is 0 Å². The Morgan fingerprint density at radius 1 is 1.42 bits per heavy atom. The van der Waals surface area contributed by atoms with Crippen molar-refractivity contribution in [2.45, 2.75) is 18.7 Å². The Kier molecular flexibility index (Phi) is 5.34. The molecule has 1 N–H and O–H groups in total. The van der Waals surface area contributed by atoms with Crippen LogP contribution in [0.3, 0.4) is 0 Å². The van der Waals surface area contributed by atoms with Gasteiger partial charge in [-0.1, -0.05) is 37.6 Å². The summed E-state index contributed by atoms with van der Waals surface area (Å²) in [5.74, 6) is -1.81. The van der Waals surface area contributed by atoms with E-state index in [-0.39, 0.29) is 23.0 Å². The molecule has 0 saturated heterocycles.